The van der Waals surface area contributed by atoms with E-state index in [1.54, 1.807) is 0 Å². The maximum absolute atomic E-state index is 12.2. The zero-order valence-corrected chi connectivity index (χ0v) is 16.7. The molecule has 144 valence electrons. The highest BCUT2D eigenvalue weighted by Gasteiger charge is 2.33. The van der Waals surface area contributed by atoms with E-state index in [4.69, 9.17) is 4.74 Å². The Kier molecular flexibility index (Phi) is 5.56. The van der Waals surface area contributed by atoms with Crippen molar-refractivity contribution >= 4 is 29.1 Å². The Morgan fingerprint density at radius 2 is 1.96 bits per heavy atom. The first-order valence-electron chi connectivity index (χ1n) is 9.11. The van der Waals surface area contributed by atoms with Crippen molar-refractivity contribution < 1.29 is 19.4 Å². The van der Waals surface area contributed by atoms with E-state index in [1.165, 1.54) is 11.3 Å². The van der Waals surface area contributed by atoms with Crippen molar-refractivity contribution in [1.82, 2.24) is 0 Å². The number of nitrogens with one attached hydrogen (secondary N) is 1. The molecule has 1 amide bonds. The molecule has 2 N–H and O–H groups in total. The van der Waals surface area contributed by atoms with E-state index < -0.39 is 12.1 Å². The van der Waals surface area contributed by atoms with Crippen molar-refractivity contribution in [1.29, 1.82) is 0 Å². The summed E-state index contributed by atoms with van der Waals surface area (Å²) in [5.74, 6) is -0.511. The summed E-state index contributed by atoms with van der Waals surface area (Å²) in [6.45, 7) is 6.80. The number of rotatable bonds is 4. The first-order chi connectivity index (χ1) is 12.8. The molecule has 1 heterocycles. The van der Waals surface area contributed by atoms with Crippen LogP contribution in [0.2, 0.25) is 0 Å². The van der Waals surface area contributed by atoms with Crippen molar-refractivity contribution in [2.45, 2.75) is 46.6 Å². The van der Waals surface area contributed by atoms with Gasteiger partial charge in [0.2, 0.25) is 0 Å². The van der Waals surface area contributed by atoms with Gasteiger partial charge in [-0.15, -0.1) is 11.3 Å². The fourth-order valence-corrected chi connectivity index (χ4v) is 4.69. The van der Waals surface area contributed by atoms with Crippen LogP contribution in [0.3, 0.4) is 0 Å². The van der Waals surface area contributed by atoms with Crippen molar-refractivity contribution in [2.24, 2.45) is 11.3 Å². The first-order valence-corrected chi connectivity index (χ1v) is 9.93. The highest BCUT2D eigenvalue weighted by molar-refractivity contribution is 7.14. The van der Waals surface area contributed by atoms with Gasteiger partial charge in [0.05, 0.1) is 5.69 Å². The molecule has 5 nitrogen and oxygen atoms in total. The number of hydrogen-bond donors (Lipinski definition) is 2. The van der Waals surface area contributed by atoms with Crippen molar-refractivity contribution in [2.75, 3.05) is 5.32 Å². The maximum atomic E-state index is 12.2. The van der Waals surface area contributed by atoms with E-state index in [1.807, 2.05) is 30.3 Å². The number of anilines is 1. The lowest BCUT2D eigenvalue weighted by atomic mass is 9.72. The third-order valence-electron chi connectivity index (χ3n) is 5.12. The molecule has 1 aliphatic rings. The molecular weight excluding hydrogens is 362 g/mol. The molecule has 1 aromatic heterocycles. The SMILES string of the molecule is CC(C)(C)C1CCc2c(sc(C(=O)O)c2NC(=O)OCc2ccccc2)C1. The lowest BCUT2D eigenvalue weighted by Crippen LogP contribution is -2.26. The van der Waals surface area contributed by atoms with E-state index >= 15 is 0 Å². The van der Waals surface area contributed by atoms with Crippen LogP contribution in [0.1, 0.15) is 52.9 Å². The number of carboxylic acid groups (broad SMARTS) is 1. The second kappa shape index (κ2) is 7.72. The normalized spacial score (nSPS) is 16.5. The Bertz CT molecular complexity index is 836. The molecule has 1 unspecified atom stereocenters. The number of ether oxygens (including phenoxy) is 1. The Hall–Kier alpha value is -2.34. The monoisotopic (exact) mass is 387 g/mol. The minimum atomic E-state index is -1.01. The van der Waals surface area contributed by atoms with Gasteiger partial charge in [0.25, 0.3) is 0 Å². The number of hydrogen-bond acceptors (Lipinski definition) is 4. The lowest BCUT2D eigenvalue weighted by molar-refractivity contribution is 0.0703. The van der Waals surface area contributed by atoms with Crippen LogP contribution in [-0.2, 0) is 24.2 Å². The third-order valence-corrected chi connectivity index (χ3v) is 6.37. The molecule has 0 spiro atoms. The molecule has 3 rings (SSSR count). The van der Waals surface area contributed by atoms with Gasteiger partial charge in [0.15, 0.2) is 0 Å². The number of benzene rings is 1. The summed E-state index contributed by atoms with van der Waals surface area (Å²) in [4.78, 5) is 25.2. The van der Waals surface area contributed by atoms with Gasteiger partial charge in [0.1, 0.15) is 11.5 Å². The van der Waals surface area contributed by atoms with Crippen LogP contribution in [0, 0.1) is 11.3 Å². The molecule has 1 aromatic carbocycles. The molecular formula is C21H25NO4S. The molecule has 0 bridgehead atoms. The van der Waals surface area contributed by atoms with Crippen LogP contribution in [0.4, 0.5) is 10.5 Å². The summed E-state index contributed by atoms with van der Waals surface area (Å²) in [6, 6.07) is 9.38. The lowest BCUT2D eigenvalue weighted by Gasteiger charge is -2.33. The zero-order valence-electron chi connectivity index (χ0n) is 15.9. The topological polar surface area (TPSA) is 75.6 Å². The van der Waals surface area contributed by atoms with Crippen LogP contribution >= 0.6 is 11.3 Å². The fourth-order valence-electron chi connectivity index (χ4n) is 3.47. The maximum Gasteiger partial charge on any atom is 0.412 e. The number of amides is 1. The van der Waals surface area contributed by atoms with Gasteiger partial charge in [-0.25, -0.2) is 9.59 Å². The van der Waals surface area contributed by atoms with Crippen LogP contribution in [0.25, 0.3) is 0 Å². The van der Waals surface area contributed by atoms with Crippen LogP contribution in [-0.4, -0.2) is 17.2 Å². The van der Waals surface area contributed by atoms with E-state index in [2.05, 4.69) is 26.1 Å². The van der Waals surface area contributed by atoms with Crippen molar-refractivity contribution in [3.8, 4) is 0 Å². The molecule has 2 aromatic rings. The summed E-state index contributed by atoms with van der Waals surface area (Å²) >= 11 is 1.28. The summed E-state index contributed by atoms with van der Waals surface area (Å²) in [5, 5.41) is 12.3. The smallest absolute Gasteiger partial charge is 0.412 e. The number of carbonyl (C=O) groups is 2. The fraction of sp³-hybridized carbons (Fsp3) is 0.429. The average Bonchev–Trinajstić information content (AvgIpc) is 2.98. The highest BCUT2D eigenvalue weighted by atomic mass is 32.1. The van der Waals surface area contributed by atoms with Gasteiger partial charge in [-0.2, -0.15) is 0 Å². The van der Waals surface area contributed by atoms with E-state index in [0.29, 0.717) is 11.6 Å². The van der Waals surface area contributed by atoms with Crippen LogP contribution in [0.15, 0.2) is 30.3 Å². The largest absolute Gasteiger partial charge is 0.477 e. The molecule has 0 radical (unpaired) electrons. The van der Waals surface area contributed by atoms with E-state index in [-0.39, 0.29) is 16.9 Å². The summed E-state index contributed by atoms with van der Waals surface area (Å²) in [7, 11) is 0. The van der Waals surface area contributed by atoms with E-state index in [9.17, 15) is 14.7 Å². The minimum Gasteiger partial charge on any atom is -0.477 e. The predicted molar refractivity (Wildman–Crippen MR) is 106 cm³/mol. The zero-order chi connectivity index (χ0) is 19.6. The van der Waals surface area contributed by atoms with Crippen LogP contribution < -0.4 is 5.32 Å². The van der Waals surface area contributed by atoms with Gasteiger partial charge >= 0.3 is 12.1 Å². The first kappa shape index (κ1) is 19.4. The molecule has 6 heteroatoms. The molecule has 0 saturated heterocycles. The highest BCUT2D eigenvalue weighted by Crippen LogP contribution is 2.44. The van der Waals surface area contributed by atoms with E-state index in [0.717, 1.165) is 35.3 Å². The Balaban J connectivity index is 1.76. The number of thiophene rings is 1. The number of carboxylic acids is 1. The summed E-state index contributed by atoms with van der Waals surface area (Å²) in [6.07, 6.45) is 1.99. The molecule has 0 saturated carbocycles. The quantitative estimate of drug-likeness (QED) is 0.742. The average molecular weight is 388 g/mol. The Morgan fingerprint density at radius 3 is 2.59 bits per heavy atom. The standard InChI is InChI=1S/C21H25NO4S/c1-21(2,3)14-9-10-15-16(11-14)27-18(19(23)24)17(15)22-20(25)26-12-13-7-5-4-6-8-13/h4-8,14H,9-12H2,1-3H3,(H,22,25)(H,23,24). The van der Waals surface area contributed by atoms with Crippen molar-refractivity contribution in [3.63, 3.8) is 0 Å². The third kappa shape index (κ3) is 4.50. The van der Waals surface area contributed by atoms with Gasteiger partial charge in [0, 0.05) is 4.88 Å². The summed E-state index contributed by atoms with van der Waals surface area (Å²) < 4.78 is 5.26. The van der Waals surface area contributed by atoms with Crippen molar-refractivity contribution in [3.05, 3.63) is 51.2 Å². The molecule has 0 aliphatic heterocycles. The number of carbonyl (C=O) groups excluding carboxylic acids is 1. The number of aromatic carboxylic acids is 1. The molecule has 1 atom stereocenters. The molecule has 0 fully saturated rings. The van der Waals surface area contributed by atoms with Gasteiger partial charge in [-0.3, -0.25) is 5.32 Å². The Morgan fingerprint density at radius 1 is 1.26 bits per heavy atom. The summed E-state index contributed by atoms with van der Waals surface area (Å²) in [5.41, 5.74) is 2.42. The molecule has 1 aliphatic carbocycles. The minimum absolute atomic E-state index is 0.146. The van der Waals surface area contributed by atoms with Gasteiger partial charge in [-0.1, -0.05) is 51.1 Å². The Labute approximate surface area is 163 Å². The number of fused-ring (bicyclic) bond motifs is 1. The second-order valence-electron chi connectivity index (χ2n) is 8.01. The predicted octanol–water partition coefficient (Wildman–Crippen LogP) is 5.35. The van der Waals surface area contributed by atoms with Gasteiger partial charge in [-0.05, 0) is 41.7 Å². The second-order valence-corrected chi connectivity index (χ2v) is 9.11. The van der Waals surface area contributed by atoms with Gasteiger partial charge < -0.3 is 9.84 Å². The van der Waals surface area contributed by atoms with Crippen LogP contribution in [0.5, 0.6) is 0 Å². The molecule has 27 heavy (non-hydrogen) atoms.